The molecule has 8 heavy (non-hydrogen) atoms. The number of rotatable bonds is 0. The average Bonchev–Trinajstić information content (AvgIpc) is 0.811. The van der Waals surface area contributed by atoms with Gasteiger partial charge in [0.15, 0.2) is 0 Å². The van der Waals surface area contributed by atoms with E-state index in [-0.39, 0.29) is 59.4 Å². The van der Waals surface area contributed by atoms with Crippen molar-refractivity contribution >= 4 is 66.6 Å². The van der Waals surface area contributed by atoms with E-state index in [0.717, 1.165) is 0 Å². The third-order valence-corrected chi connectivity index (χ3v) is 0. The van der Waals surface area contributed by atoms with Crippen molar-refractivity contribution in [3.05, 3.63) is 0 Å². The van der Waals surface area contributed by atoms with Gasteiger partial charge in [-0.15, -0.1) is 50.9 Å². The molecule has 0 unspecified atom stereocenters. The van der Waals surface area contributed by atoms with Crippen LogP contribution in [-0.2, 0) is 0 Å². The average molecular weight is 314 g/mol. The summed E-state index contributed by atoms with van der Waals surface area (Å²) in [5.41, 5.74) is 4.22. The fourth-order valence-electron chi connectivity index (χ4n) is 0. The van der Waals surface area contributed by atoms with Crippen molar-refractivity contribution in [2.45, 2.75) is 0 Å². The van der Waals surface area contributed by atoms with Crippen LogP contribution in [0.3, 0.4) is 0 Å². The molecule has 8 heteroatoms. The summed E-state index contributed by atoms with van der Waals surface area (Å²) >= 11 is 0. The molecular formula is H7B2Br3NO2. The van der Waals surface area contributed by atoms with Crippen molar-refractivity contribution < 1.29 is 10.0 Å². The zero-order chi connectivity index (χ0) is 3.58. The normalized spacial score (nSPS) is 3.38. The summed E-state index contributed by atoms with van der Waals surface area (Å²) < 4.78 is 0. The van der Waals surface area contributed by atoms with E-state index in [0.29, 0.717) is 0 Å². The Labute approximate surface area is 82.1 Å². The maximum Gasteiger partial charge on any atom is 0.546 e. The molecule has 0 atom stereocenters. The zero-order valence-electron chi connectivity index (χ0n) is 3.85. The van der Waals surface area contributed by atoms with Gasteiger partial charge in [-0.1, -0.05) is 0 Å². The van der Waals surface area contributed by atoms with E-state index in [2.05, 4.69) is 5.64 Å². The highest BCUT2D eigenvalue weighted by Gasteiger charge is 1.88. The van der Waals surface area contributed by atoms with Gasteiger partial charge in [0.05, 0.1) is 0 Å². The summed E-state index contributed by atoms with van der Waals surface area (Å²) in [6, 6.07) is 0. The van der Waals surface area contributed by atoms with Crippen LogP contribution in [-0.4, -0.2) is 25.7 Å². The summed E-state index contributed by atoms with van der Waals surface area (Å²) in [7, 11) is -1.67. The van der Waals surface area contributed by atoms with Gasteiger partial charge in [0.1, 0.15) is 0 Å². The number of hydrogen-bond acceptors (Lipinski definition) is 3. The molecule has 0 aromatic heterocycles. The van der Waals surface area contributed by atoms with Crippen LogP contribution in [0, 0.1) is 0 Å². The Morgan fingerprint density at radius 2 is 1.00 bits per heavy atom. The Morgan fingerprint density at radius 3 is 1.00 bits per heavy atom. The molecule has 4 N–H and O–H groups in total. The second kappa shape index (κ2) is 23.7. The molecular weight excluding hydrogens is 307 g/mol. The standard InChI is InChI=1S/BH4NO2.B.3BrH/c2-1(3)4;;;;/h3-4H,2H2;;3*1H. The van der Waals surface area contributed by atoms with Crippen LogP contribution < -0.4 is 5.64 Å². The van der Waals surface area contributed by atoms with Gasteiger partial charge < -0.3 is 15.7 Å². The number of halogens is 3. The Balaban J connectivity index is -0.00000000750. The van der Waals surface area contributed by atoms with E-state index in [9.17, 15) is 0 Å². The molecule has 0 aliphatic carbocycles. The van der Waals surface area contributed by atoms with Gasteiger partial charge >= 0.3 is 7.25 Å². The molecule has 0 aliphatic heterocycles. The first kappa shape index (κ1) is 34.1. The largest absolute Gasteiger partial charge is 0.546 e. The van der Waals surface area contributed by atoms with Crippen molar-refractivity contribution in [1.29, 1.82) is 0 Å². The minimum atomic E-state index is -1.67. The van der Waals surface area contributed by atoms with Crippen LogP contribution in [0.25, 0.3) is 0 Å². The summed E-state index contributed by atoms with van der Waals surface area (Å²) in [5.74, 6) is 0. The summed E-state index contributed by atoms with van der Waals surface area (Å²) in [5, 5.41) is 14.8. The van der Waals surface area contributed by atoms with Crippen LogP contribution in [0.4, 0.5) is 0 Å². The van der Waals surface area contributed by atoms with Gasteiger partial charge in [-0.25, -0.2) is 0 Å². The molecule has 0 saturated carbocycles. The van der Waals surface area contributed by atoms with Gasteiger partial charge in [0.2, 0.25) is 0 Å². The van der Waals surface area contributed by atoms with Crippen LogP contribution >= 0.6 is 50.9 Å². The fraction of sp³-hybridized carbons (Fsp3) is 0. The predicted octanol–water partition coefficient (Wildman–Crippen LogP) is -0.732. The van der Waals surface area contributed by atoms with Crippen LogP contribution in [0.5, 0.6) is 0 Å². The maximum absolute atomic E-state index is 7.39. The Morgan fingerprint density at radius 1 is 1.00 bits per heavy atom. The van der Waals surface area contributed by atoms with Crippen molar-refractivity contribution in [2.24, 2.45) is 5.64 Å². The fourth-order valence-corrected chi connectivity index (χ4v) is 0. The van der Waals surface area contributed by atoms with E-state index >= 15 is 0 Å². The quantitative estimate of drug-likeness (QED) is 0.516. The molecule has 0 amide bonds. The third-order valence-electron chi connectivity index (χ3n) is 0. The molecule has 0 rings (SSSR count). The van der Waals surface area contributed by atoms with Crippen LogP contribution in [0.15, 0.2) is 0 Å². The molecule has 3 nitrogen and oxygen atoms in total. The monoisotopic (exact) mass is 312 g/mol. The van der Waals surface area contributed by atoms with E-state index in [4.69, 9.17) is 10.0 Å². The molecule has 0 saturated heterocycles. The molecule has 0 aromatic rings. The topological polar surface area (TPSA) is 66.5 Å². The summed E-state index contributed by atoms with van der Waals surface area (Å²) in [6.07, 6.45) is 0. The van der Waals surface area contributed by atoms with E-state index in [1.165, 1.54) is 0 Å². The van der Waals surface area contributed by atoms with Crippen molar-refractivity contribution in [1.82, 2.24) is 0 Å². The summed E-state index contributed by atoms with van der Waals surface area (Å²) in [4.78, 5) is 0. The Kier molecular flexibility index (Phi) is 101. The molecule has 3 radical (unpaired) electrons. The van der Waals surface area contributed by atoms with Crippen LogP contribution in [0.2, 0.25) is 0 Å². The highest BCUT2D eigenvalue weighted by Crippen LogP contribution is 1.31. The highest BCUT2D eigenvalue weighted by atomic mass is 79.9. The van der Waals surface area contributed by atoms with Crippen LogP contribution in [0.1, 0.15) is 0 Å². The number of nitrogens with two attached hydrogens (primary N) is 1. The van der Waals surface area contributed by atoms with Gasteiger partial charge in [0.25, 0.3) is 0 Å². The predicted molar refractivity (Wildman–Crippen MR) is 51.1 cm³/mol. The third kappa shape index (κ3) is 147. The molecule has 0 heterocycles. The highest BCUT2D eigenvalue weighted by molar-refractivity contribution is 8.93. The zero-order valence-corrected chi connectivity index (χ0v) is 8.99. The Bertz CT molecular complexity index is 20.0. The Hall–Kier alpha value is 1.45. The van der Waals surface area contributed by atoms with E-state index in [1.807, 2.05) is 0 Å². The van der Waals surface area contributed by atoms with E-state index in [1.54, 1.807) is 0 Å². The van der Waals surface area contributed by atoms with Gasteiger partial charge in [-0.2, -0.15) is 0 Å². The second-order valence-electron chi connectivity index (χ2n) is 0.414. The first-order valence-electron chi connectivity index (χ1n) is 0.850. The van der Waals surface area contributed by atoms with Gasteiger partial charge in [-0.05, 0) is 0 Å². The molecule has 0 aliphatic rings. The molecule has 0 aromatic carbocycles. The van der Waals surface area contributed by atoms with Crippen molar-refractivity contribution in [3.63, 3.8) is 0 Å². The minimum absolute atomic E-state index is 0. The lowest BCUT2D eigenvalue weighted by Gasteiger charge is -1.71. The molecule has 0 spiro atoms. The smallest absolute Gasteiger partial charge is 0.413 e. The number of hydrogen-bond donors (Lipinski definition) is 3. The second-order valence-corrected chi connectivity index (χ2v) is 0.414. The lowest BCUT2D eigenvalue weighted by atomic mass is 10.2. The molecule has 51 valence electrons. The van der Waals surface area contributed by atoms with Crippen molar-refractivity contribution in [2.75, 3.05) is 0 Å². The first-order valence-corrected chi connectivity index (χ1v) is 0.850. The molecule has 0 fully saturated rings. The maximum atomic E-state index is 7.39. The SMILES string of the molecule is Br.Br.Br.NB(O)O.[B]. The summed E-state index contributed by atoms with van der Waals surface area (Å²) in [6.45, 7) is 0. The lowest BCUT2D eigenvalue weighted by molar-refractivity contribution is 0.409. The lowest BCUT2D eigenvalue weighted by Crippen LogP contribution is -2.23. The van der Waals surface area contributed by atoms with E-state index < -0.39 is 7.25 Å². The first-order chi connectivity index (χ1) is 1.73. The van der Waals surface area contributed by atoms with Gasteiger partial charge in [0, 0.05) is 8.41 Å². The van der Waals surface area contributed by atoms with Crippen molar-refractivity contribution in [3.8, 4) is 0 Å². The minimum Gasteiger partial charge on any atom is -0.413 e. The molecule has 0 bridgehead atoms. The van der Waals surface area contributed by atoms with Gasteiger partial charge in [-0.3, -0.25) is 0 Å².